The fraction of sp³-hybridized carbons (Fsp3) is 0.600. The summed E-state index contributed by atoms with van der Waals surface area (Å²) in [7, 11) is -4.23. The molecule has 0 radical (unpaired) electrons. The smallest absolute Gasteiger partial charge is 0.403 e. The average molecular weight is 620 g/mol. The maximum atomic E-state index is 13.8. The van der Waals surface area contributed by atoms with Crippen LogP contribution in [-0.2, 0) is 24.2 Å². The second kappa shape index (κ2) is 11.3. The van der Waals surface area contributed by atoms with Crippen LogP contribution in [0.1, 0.15) is 32.1 Å². The number of anilines is 1. The lowest BCUT2D eigenvalue weighted by Crippen LogP contribution is -2.53. The molecule has 2 saturated heterocycles. The summed E-state index contributed by atoms with van der Waals surface area (Å²) in [4.78, 5) is 37.2. The van der Waals surface area contributed by atoms with Crippen molar-refractivity contribution in [1.29, 1.82) is 5.26 Å². The van der Waals surface area contributed by atoms with Crippen molar-refractivity contribution in [3.05, 3.63) is 23.2 Å². The van der Waals surface area contributed by atoms with E-state index in [0.29, 0.717) is 25.9 Å². The third-order valence-corrected chi connectivity index (χ3v) is 10.6. The summed E-state index contributed by atoms with van der Waals surface area (Å²) in [5, 5.41) is 20.6. The van der Waals surface area contributed by atoms with Crippen molar-refractivity contribution in [2.24, 2.45) is 5.41 Å². The van der Waals surface area contributed by atoms with Crippen molar-refractivity contribution in [2.75, 3.05) is 37.6 Å². The Bertz CT molecular complexity index is 1350. The zero-order chi connectivity index (χ0) is 30.2. The predicted molar refractivity (Wildman–Crippen MR) is 140 cm³/mol. The van der Waals surface area contributed by atoms with Crippen LogP contribution >= 0.6 is 11.6 Å². The highest BCUT2D eigenvalue weighted by Gasteiger charge is 2.70. The van der Waals surface area contributed by atoms with Crippen LogP contribution < -0.4 is 15.5 Å². The van der Waals surface area contributed by atoms with Gasteiger partial charge in [0.1, 0.15) is 17.0 Å². The summed E-state index contributed by atoms with van der Waals surface area (Å²) in [6.07, 6.45) is -5.31. The monoisotopic (exact) mass is 619 g/mol. The second-order valence-corrected chi connectivity index (χ2v) is 13.2. The van der Waals surface area contributed by atoms with Gasteiger partial charge in [-0.3, -0.25) is 14.4 Å². The van der Waals surface area contributed by atoms with Crippen LogP contribution in [-0.4, -0.2) is 92.4 Å². The van der Waals surface area contributed by atoms with Crippen molar-refractivity contribution >= 4 is 45.4 Å². The molecule has 2 aliphatic heterocycles. The first kappa shape index (κ1) is 30.9. The molecule has 16 heteroatoms. The molecule has 0 bridgehead atoms. The largest absolute Gasteiger partial charge is 0.483 e. The lowest BCUT2D eigenvalue weighted by Gasteiger charge is -2.30. The molecular formula is C25H29ClF3N5O6S. The number of amides is 2. The van der Waals surface area contributed by atoms with Gasteiger partial charge in [0, 0.05) is 38.4 Å². The number of hydrogen-bond acceptors (Lipinski definition) is 8. The molecule has 2 atom stereocenters. The topological polar surface area (TPSA) is 160 Å². The standard InChI is InChI=1S/C24H27ClF3N5O4S.CH2O2/c25-17-11-15(32-9-7-30-8-10-32)1-2-19(17)38(36,37)16-12-18(20(34)31-22(14-29)3-4-22)33(13-16)21(35)23(5-6-23)24(26,27)28;2-1-3/h1-2,11,16,18,30H,3-10,12-13H2,(H,31,34);1H,(H,2,3)/t16-,18+;/m1./s1. The molecule has 2 saturated carbocycles. The normalized spacial score (nSPS) is 24.4. The van der Waals surface area contributed by atoms with Gasteiger partial charge in [-0.1, -0.05) is 11.6 Å². The number of alkyl halides is 3. The van der Waals surface area contributed by atoms with Gasteiger partial charge in [0.05, 0.1) is 21.2 Å². The minimum Gasteiger partial charge on any atom is -0.483 e. The first-order valence-electron chi connectivity index (χ1n) is 12.9. The molecule has 2 aliphatic carbocycles. The fourth-order valence-electron chi connectivity index (χ4n) is 5.24. The van der Waals surface area contributed by atoms with E-state index in [0.717, 1.165) is 23.7 Å². The third kappa shape index (κ3) is 5.96. The highest BCUT2D eigenvalue weighted by molar-refractivity contribution is 7.92. The fourth-order valence-corrected chi connectivity index (χ4v) is 7.48. The number of carboxylic acid groups (broad SMARTS) is 1. The van der Waals surface area contributed by atoms with E-state index in [2.05, 4.69) is 10.6 Å². The summed E-state index contributed by atoms with van der Waals surface area (Å²) in [5.74, 6) is -2.13. The number of rotatable bonds is 6. The molecule has 2 amide bonds. The maximum Gasteiger partial charge on any atom is 0.403 e. The lowest BCUT2D eigenvalue weighted by atomic mass is 10.0. The van der Waals surface area contributed by atoms with E-state index in [1.807, 2.05) is 11.0 Å². The summed E-state index contributed by atoms with van der Waals surface area (Å²) in [6, 6.07) is 5.04. The molecule has 4 aliphatic rings. The maximum absolute atomic E-state index is 13.8. The zero-order valence-corrected chi connectivity index (χ0v) is 23.4. The first-order chi connectivity index (χ1) is 19.2. The molecular weight excluding hydrogens is 591 g/mol. The van der Waals surface area contributed by atoms with Crippen LogP contribution in [0.25, 0.3) is 0 Å². The van der Waals surface area contributed by atoms with E-state index in [4.69, 9.17) is 21.5 Å². The molecule has 0 spiro atoms. The molecule has 5 rings (SSSR count). The Morgan fingerprint density at radius 1 is 1.20 bits per heavy atom. The first-order valence-corrected chi connectivity index (χ1v) is 14.9. The van der Waals surface area contributed by atoms with Gasteiger partial charge >= 0.3 is 6.18 Å². The van der Waals surface area contributed by atoms with E-state index >= 15 is 0 Å². The summed E-state index contributed by atoms with van der Waals surface area (Å²) in [5.41, 5.74) is -3.00. The molecule has 4 fully saturated rings. The van der Waals surface area contributed by atoms with Crippen molar-refractivity contribution in [3.8, 4) is 6.07 Å². The van der Waals surface area contributed by atoms with E-state index < -0.39 is 75.9 Å². The van der Waals surface area contributed by atoms with Crippen LogP contribution in [0.4, 0.5) is 18.9 Å². The van der Waals surface area contributed by atoms with Gasteiger partial charge in [-0.15, -0.1) is 0 Å². The molecule has 1 aromatic rings. The van der Waals surface area contributed by atoms with Crippen molar-refractivity contribution in [1.82, 2.24) is 15.5 Å². The predicted octanol–water partition coefficient (Wildman–Crippen LogP) is 1.71. The SMILES string of the molecule is N#CC1(NC(=O)[C@@H]2C[C@@H](S(=O)(=O)c3ccc(N4CCNCC4)cc3Cl)CN2C(=O)C2(C(F)(F)F)CC2)CC1.O=CO. The van der Waals surface area contributed by atoms with Gasteiger partial charge in [-0.25, -0.2) is 8.42 Å². The van der Waals surface area contributed by atoms with Gasteiger partial charge in [-0.05, 0) is 50.3 Å². The Labute approximate surface area is 239 Å². The average Bonchev–Trinajstić information content (AvgIpc) is 3.85. The van der Waals surface area contributed by atoms with E-state index in [9.17, 15) is 36.4 Å². The Kier molecular flexibility index (Phi) is 8.50. The number of halogens is 4. The number of nitrogens with zero attached hydrogens (tertiary/aromatic N) is 3. The number of sulfone groups is 1. The van der Waals surface area contributed by atoms with Crippen molar-refractivity contribution in [3.63, 3.8) is 0 Å². The Morgan fingerprint density at radius 3 is 2.29 bits per heavy atom. The van der Waals surface area contributed by atoms with E-state index in [1.54, 1.807) is 6.07 Å². The second-order valence-electron chi connectivity index (χ2n) is 10.6. The molecule has 0 unspecified atom stereocenters. The van der Waals surface area contributed by atoms with Gasteiger partial charge in [0.25, 0.3) is 6.47 Å². The van der Waals surface area contributed by atoms with Gasteiger partial charge < -0.3 is 25.5 Å². The van der Waals surface area contributed by atoms with Gasteiger partial charge in [0.2, 0.25) is 11.8 Å². The van der Waals surface area contributed by atoms with Crippen LogP contribution in [0.3, 0.4) is 0 Å². The van der Waals surface area contributed by atoms with Crippen LogP contribution in [0, 0.1) is 16.7 Å². The summed E-state index contributed by atoms with van der Waals surface area (Å²) in [6.45, 7) is 2.12. The third-order valence-electron chi connectivity index (χ3n) is 8.00. The quantitative estimate of drug-likeness (QED) is 0.403. The molecule has 41 heavy (non-hydrogen) atoms. The zero-order valence-electron chi connectivity index (χ0n) is 21.8. The number of carbonyl (C=O) groups is 3. The molecule has 1 aromatic carbocycles. The van der Waals surface area contributed by atoms with Crippen molar-refractivity contribution < 1.29 is 41.1 Å². The summed E-state index contributed by atoms with van der Waals surface area (Å²) < 4.78 is 68.6. The van der Waals surface area contributed by atoms with Gasteiger partial charge in [0.15, 0.2) is 9.84 Å². The molecule has 0 aromatic heterocycles. The van der Waals surface area contributed by atoms with E-state index in [1.165, 1.54) is 12.1 Å². The number of carbonyl (C=O) groups excluding carboxylic acids is 2. The Morgan fingerprint density at radius 2 is 1.80 bits per heavy atom. The highest BCUT2D eigenvalue weighted by atomic mass is 35.5. The Balaban J connectivity index is 0.00000124. The molecule has 3 N–H and O–H groups in total. The number of benzene rings is 1. The highest BCUT2D eigenvalue weighted by Crippen LogP contribution is 2.59. The Hall–Kier alpha value is -3.09. The van der Waals surface area contributed by atoms with Gasteiger partial charge in [-0.2, -0.15) is 18.4 Å². The van der Waals surface area contributed by atoms with E-state index in [-0.39, 0.29) is 16.4 Å². The number of piperazine rings is 1. The van der Waals surface area contributed by atoms with Crippen molar-refractivity contribution in [2.45, 2.75) is 60.0 Å². The lowest BCUT2D eigenvalue weighted by molar-refractivity contribution is -0.199. The molecule has 11 nitrogen and oxygen atoms in total. The number of nitriles is 1. The number of likely N-dealkylation sites (tertiary alicyclic amines) is 1. The summed E-state index contributed by atoms with van der Waals surface area (Å²) >= 11 is 6.40. The minimum absolute atomic E-state index is 0.0396. The number of hydrogen-bond donors (Lipinski definition) is 3. The van der Waals surface area contributed by atoms with Crippen LogP contribution in [0.15, 0.2) is 23.1 Å². The molecule has 224 valence electrons. The minimum atomic E-state index is -4.82. The molecule has 2 heterocycles. The van der Waals surface area contributed by atoms with Crippen LogP contribution in [0.5, 0.6) is 0 Å². The number of nitrogens with one attached hydrogen (secondary N) is 2. The van der Waals surface area contributed by atoms with Crippen LogP contribution in [0.2, 0.25) is 5.02 Å².